The van der Waals surface area contributed by atoms with Crippen LogP contribution in [0.4, 0.5) is 0 Å². The predicted molar refractivity (Wildman–Crippen MR) is 67.9 cm³/mol. The molecular formula is C13H12BrNO. The first kappa shape index (κ1) is 10.1. The summed E-state index contributed by atoms with van der Waals surface area (Å²) in [5, 5.41) is 1.15. The normalized spacial score (nSPS) is 15.6. The summed E-state index contributed by atoms with van der Waals surface area (Å²) in [5.41, 5.74) is 2.01. The molecule has 2 nitrogen and oxygen atoms in total. The molecule has 16 heavy (non-hydrogen) atoms. The van der Waals surface area contributed by atoms with E-state index in [-0.39, 0.29) is 5.78 Å². The first-order chi connectivity index (χ1) is 7.66. The monoisotopic (exact) mass is 277 g/mol. The third kappa shape index (κ3) is 1.50. The van der Waals surface area contributed by atoms with Crippen molar-refractivity contribution >= 4 is 32.6 Å². The molecule has 1 heterocycles. The summed E-state index contributed by atoms with van der Waals surface area (Å²) in [7, 11) is 0. The molecule has 0 radical (unpaired) electrons. The summed E-state index contributed by atoms with van der Waals surface area (Å²) in [6, 6.07) is 8.71. The van der Waals surface area contributed by atoms with E-state index in [1.807, 2.05) is 12.1 Å². The number of fused-ring (bicyclic) bond motifs is 1. The molecule has 0 saturated heterocycles. The van der Waals surface area contributed by atoms with Crippen molar-refractivity contribution in [3.8, 4) is 0 Å². The van der Waals surface area contributed by atoms with E-state index in [9.17, 15) is 4.79 Å². The lowest BCUT2D eigenvalue weighted by molar-refractivity contribution is 0.100. The van der Waals surface area contributed by atoms with Crippen molar-refractivity contribution in [1.29, 1.82) is 0 Å². The first-order valence-electron chi connectivity index (χ1n) is 5.48. The summed E-state index contributed by atoms with van der Waals surface area (Å²) in [6.07, 6.45) is 2.38. The Morgan fingerprint density at radius 3 is 2.75 bits per heavy atom. The maximum atomic E-state index is 11.6. The van der Waals surface area contributed by atoms with Crippen molar-refractivity contribution in [2.75, 3.05) is 0 Å². The number of nitrogens with zero attached hydrogens (tertiary/aromatic N) is 1. The Hall–Kier alpha value is -1.09. The molecule has 0 spiro atoms. The maximum Gasteiger partial charge on any atom is 0.176 e. The Morgan fingerprint density at radius 2 is 2.12 bits per heavy atom. The molecule has 0 unspecified atom stereocenters. The van der Waals surface area contributed by atoms with Crippen LogP contribution in [0.15, 0.2) is 28.7 Å². The number of ketones is 1. The van der Waals surface area contributed by atoms with Crippen LogP contribution in [0, 0.1) is 0 Å². The van der Waals surface area contributed by atoms with Crippen molar-refractivity contribution in [3.05, 3.63) is 34.4 Å². The number of hydrogen-bond acceptors (Lipinski definition) is 1. The number of halogens is 1. The SMILES string of the molecule is CC(=O)c1cc2ccc(Br)cc2n1C1CC1. The van der Waals surface area contributed by atoms with Gasteiger partial charge in [-0.15, -0.1) is 0 Å². The van der Waals surface area contributed by atoms with E-state index >= 15 is 0 Å². The largest absolute Gasteiger partial charge is 0.335 e. The molecule has 3 rings (SSSR count). The minimum absolute atomic E-state index is 0.152. The smallest absolute Gasteiger partial charge is 0.176 e. The van der Waals surface area contributed by atoms with Crippen LogP contribution < -0.4 is 0 Å². The number of carbonyl (C=O) groups is 1. The molecule has 1 fully saturated rings. The fraction of sp³-hybridized carbons (Fsp3) is 0.308. The van der Waals surface area contributed by atoms with Crippen LogP contribution in [0.2, 0.25) is 0 Å². The predicted octanol–water partition coefficient (Wildman–Crippen LogP) is 3.94. The van der Waals surface area contributed by atoms with E-state index < -0.39 is 0 Å². The number of Topliss-reactive ketones (excluding diaryl/α,β-unsaturated/α-hetero) is 1. The number of aromatic nitrogens is 1. The van der Waals surface area contributed by atoms with Crippen molar-refractivity contribution in [2.45, 2.75) is 25.8 Å². The maximum absolute atomic E-state index is 11.6. The van der Waals surface area contributed by atoms with Gasteiger partial charge in [-0.3, -0.25) is 4.79 Å². The van der Waals surface area contributed by atoms with E-state index in [4.69, 9.17) is 0 Å². The Morgan fingerprint density at radius 1 is 1.38 bits per heavy atom. The number of carbonyl (C=O) groups excluding carboxylic acids is 1. The average Bonchev–Trinajstić information content (AvgIpc) is 2.99. The fourth-order valence-electron chi connectivity index (χ4n) is 2.19. The average molecular weight is 278 g/mol. The third-order valence-electron chi connectivity index (χ3n) is 3.08. The standard InChI is InChI=1S/C13H12BrNO/c1-8(16)12-6-9-2-3-10(14)7-13(9)15(12)11-4-5-11/h2-3,6-7,11H,4-5H2,1H3. The Balaban J connectivity index is 2.33. The zero-order chi connectivity index (χ0) is 11.3. The highest BCUT2D eigenvalue weighted by molar-refractivity contribution is 9.10. The second-order valence-electron chi connectivity index (χ2n) is 4.39. The fourth-order valence-corrected chi connectivity index (χ4v) is 2.54. The minimum Gasteiger partial charge on any atom is -0.335 e. The van der Waals surface area contributed by atoms with Crippen LogP contribution in [-0.2, 0) is 0 Å². The van der Waals surface area contributed by atoms with Gasteiger partial charge >= 0.3 is 0 Å². The van der Waals surface area contributed by atoms with Gasteiger partial charge in [0.1, 0.15) is 0 Å². The molecule has 0 amide bonds. The summed E-state index contributed by atoms with van der Waals surface area (Å²) in [6.45, 7) is 1.64. The van der Waals surface area contributed by atoms with E-state index in [0.29, 0.717) is 6.04 Å². The highest BCUT2D eigenvalue weighted by Gasteiger charge is 2.28. The van der Waals surface area contributed by atoms with Crippen LogP contribution in [0.3, 0.4) is 0 Å². The van der Waals surface area contributed by atoms with Gasteiger partial charge in [0.25, 0.3) is 0 Å². The zero-order valence-corrected chi connectivity index (χ0v) is 10.6. The molecule has 1 aliphatic rings. The minimum atomic E-state index is 0.152. The highest BCUT2D eigenvalue weighted by Crippen LogP contribution is 2.40. The van der Waals surface area contributed by atoms with E-state index in [1.165, 1.54) is 18.4 Å². The van der Waals surface area contributed by atoms with Crippen molar-refractivity contribution in [1.82, 2.24) is 4.57 Å². The quantitative estimate of drug-likeness (QED) is 0.762. The molecule has 2 aromatic rings. The molecule has 0 N–H and O–H groups in total. The van der Waals surface area contributed by atoms with E-state index in [1.54, 1.807) is 6.92 Å². The lowest BCUT2D eigenvalue weighted by atomic mass is 10.2. The number of rotatable bonds is 2. The van der Waals surface area contributed by atoms with Gasteiger partial charge in [-0.2, -0.15) is 0 Å². The Kier molecular flexibility index (Phi) is 2.18. The van der Waals surface area contributed by atoms with Crippen LogP contribution >= 0.6 is 15.9 Å². The van der Waals surface area contributed by atoms with Crippen LogP contribution in [0.5, 0.6) is 0 Å². The molecule has 0 aliphatic heterocycles. The van der Waals surface area contributed by atoms with Gasteiger partial charge in [0.05, 0.1) is 5.69 Å². The second kappa shape index (κ2) is 3.45. The topological polar surface area (TPSA) is 22.0 Å². The summed E-state index contributed by atoms with van der Waals surface area (Å²) in [4.78, 5) is 11.6. The molecule has 3 heteroatoms. The third-order valence-corrected chi connectivity index (χ3v) is 3.57. The van der Waals surface area contributed by atoms with Gasteiger partial charge in [0, 0.05) is 28.3 Å². The second-order valence-corrected chi connectivity index (χ2v) is 5.31. The Bertz CT molecular complexity index is 581. The van der Waals surface area contributed by atoms with Gasteiger partial charge in [0.15, 0.2) is 5.78 Å². The molecule has 82 valence electrons. The van der Waals surface area contributed by atoms with E-state index in [2.05, 4.69) is 32.6 Å². The Labute approximate surface area is 102 Å². The highest BCUT2D eigenvalue weighted by atomic mass is 79.9. The zero-order valence-electron chi connectivity index (χ0n) is 9.03. The number of hydrogen-bond donors (Lipinski definition) is 0. The lowest BCUT2D eigenvalue weighted by Gasteiger charge is -2.06. The molecular weight excluding hydrogens is 266 g/mol. The van der Waals surface area contributed by atoms with Crippen molar-refractivity contribution in [2.24, 2.45) is 0 Å². The first-order valence-corrected chi connectivity index (χ1v) is 6.27. The van der Waals surface area contributed by atoms with E-state index in [0.717, 1.165) is 15.6 Å². The number of benzene rings is 1. The van der Waals surface area contributed by atoms with Crippen LogP contribution in [0.25, 0.3) is 10.9 Å². The van der Waals surface area contributed by atoms with Gasteiger partial charge in [-0.05, 0) is 31.0 Å². The molecule has 0 bridgehead atoms. The summed E-state index contributed by atoms with van der Waals surface area (Å²) < 4.78 is 3.26. The van der Waals surface area contributed by atoms with Gasteiger partial charge in [0.2, 0.25) is 0 Å². The molecule has 1 aromatic carbocycles. The summed E-state index contributed by atoms with van der Waals surface area (Å²) >= 11 is 3.48. The molecule has 1 saturated carbocycles. The lowest BCUT2D eigenvalue weighted by Crippen LogP contribution is -2.04. The molecule has 1 aliphatic carbocycles. The van der Waals surface area contributed by atoms with Gasteiger partial charge in [-0.1, -0.05) is 22.0 Å². The molecule has 0 atom stereocenters. The van der Waals surface area contributed by atoms with Gasteiger partial charge in [-0.25, -0.2) is 0 Å². The molecule has 1 aromatic heterocycles. The van der Waals surface area contributed by atoms with Crippen molar-refractivity contribution in [3.63, 3.8) is 0 Å². The van der Waals surface area contributed by atoms with Gasteiger partial charge < -0.3 is 4.57 Å². The van der Waals surface area contributed by atoms with Crippen LogP contribution in [-0.4, -0.2) is 10.4 Å². The summed E-state index contributed by atoms with van der Waals surface area (Å²) in [5.74, 6) is 0.152. The van der Waals surface area contributed by atoms with Crippen molar-refractivity contribution < 1.29 is 4.79 Å². The van der Waals surface area contributed by atoms with Crippen LogP contribution in [0.1, 0.15) is 36.3 Å².